The standard InChI is InChI=1S/C13H19NO4/c1-9-7-10(18-11(9)12(15)16)8-14-5-3-13(2,17)4-6-14/h7,17H,3-6,8H2,1-2H3,(H,15,16). The largest absolute Gasteiger partial charge is 0.475 e. The van der Waals surface area contributed by atoms with Gasteiger partial charge in [-0.05, 0) is 32.8 Å². The van der Waals surface area contributed by atoms with E-state index in [9.17, 15) is 9.90 Å². The van der Waals surface area contributed by atoms with Gasteiger partial charge in [0.25, 0.3) is 0 Å². The molecule has 0 aliphatic carbocycles. The van der Waals surface area contributed by atoms with Crippen LogP contribution < -0.4 is 0 Å². The Kier molecular flexibility index (Phi) is 3.45. The van der Waals surface area contributed by atoms with Crippen molar-refractivity contribution in [2.75, 3.05) is 13.1 Å². The molecule has 0 atom stereocenters. The summed E-state index contributed by atoms with van der Waals surface area (Å²) in [5.74, 6) is -0.333. The van der Waals surface area contributed by atoms with Gasteiger partial charge in [0.05, 0.1) is 12.1 Å². The highest BCUT2D eigenvalue weighted by Gasteiger charge is 2.27. The number of carboxylic acids is 1. The van der Waals surface area contributed by atoms with Crippen molar-refractivity contribution < 1.29 is 19.4 Å². The van der Waals surface area contributed by atoms with Gasteiger partial charge in [-0.3, -0.25) is 4.90 Å². The molecule has 0 aromatic carbocycles. The number of aliphatic hydroxyl groups is 1. The van der Waals surface area contributed by atoms with Gasteiger partial charge in [-0.1, -0.05) is 0 Å². The van der Waals surface area contributed by atoms with Gasteiger partial charge in [0.1, 0.15) is 5.76 Å². The molecule has 0 unspecified atom stereocenters. The van der Waals surface area contributed by atoms with E-state index in [4.69, 9.17) is 9.52 Å². The Labute approximate surface area is 106 Å². The zero-order valence-electron chi connectivity index (χ0n) is 10.8. The third-order valence-corrected chi connectivity index (χ3v) is 3.48. The molecule has 2 N–H and O–H groups in total. The number of furan rings is 1. The first-order valence-corrected chi connectivity index (χ1v) is 6.15. The quantitative estimate of drug-likeness (QED) is 0.856. The number of piperidine rings is 1. The van der Waals surface area contributed by atoms with Crippen LogP contribution in [0.4, 0.5) is 0 Å². The van der Waals surface area contributed by atoms with E-state index in [1.807, 2.05) is 6.92 Å². The highest BCUT2D eigenvalue weighted by Crippen LogP contribution is 2.23. The van der Waals surface area contributed by atoms with Crippen molar-refractivity contribution in [1.29, 1.82) is 0 Å². The molecule has 1 saturated heterocycles. The minimum Gasteiger partial charge on any atom is -0.475 e. The second-order valence-corrected chi connectivity index (χ2v) is 5.30. The zero-order valence-corrected chi connectivity index (χ0v) is 10.8. The van der Waals surface area contributed by atoms with E-state index < -0.39 is 11.6 Å². The summed E-state index contributed by atoms with van der Waals surface area (Å²) in [6, 6.07) is 1.77. The molecule has 0 saturated carbocycles. The number of rotatable bonds is 3. The molecule has 0 amide bonds. The second kappa shape index (κ2) is 4.74. The van der Waals surface area contributed by atoms with Crippen molar-refractivity contribution in [2.24, 2.45) is 0 Å². The van der Waals surface area contributed by atoms with Crippen molar-refractivity contribution in [3.63, 3.8) is 0 Å². The van der Waals surface area contributed by atoms with Crippen LogP contribution >= 0.6 is 0 Å². The van der Waals surface area contributed by atoms with Crippen LogP contribution in [0.3, 0.4) is 0 Å². The molecule has 1 fully saturated rings. The monoisotopic (exact) mass is 253 g/mol. The lowest BCUT2D eigenvalue weighted by Gasteiger charge is -2.35. The van der Waals surface area contributed by atoms with E-state index >= 15 is 0 Å². The summed E-state index contributed by atoms with van der Waals surface area (Å²) >= 11 is 0. The van der Waals surface area contributed by atoms with Gasteiger partial charge in [-0.2, -0.15) is 0 Å². The van der Waals surface area contributed by atoms with E-state index in [1.54, 1.807) is 13.0 Å². The van der Waals surface area contributed by atoms with E-state index in [1.165, 1.54) is 0 Å². The zero-order chi connectivity index (χ0) is 13.3. The smallest absolute Gasteiger partial charge is 0.372 e. The van der Waals surface area contributed by atoms with Gasteiger partial charge in [0.15, 0.2) is 0 Å². The Morgan fingerprint density at radius 1 is 1.50 bits per heavy atom. The Morgan fingerprint density at radius 2 is 2.11 bits per heavy atom. The fourth-order valence-corrected chi connectivity index (χ4v) is 2.25. The van der Waals surface area contributed by atoms with Crippen LogP contribution in [-0.4, -0.2) is 39.8 Å². The number of likely N-dealkylation sites (tertiary alicyclic amines) is 1. The molecule has 2 heterocycles. The van der Waals surface area contributed by atoms with Crippen LogP contribution in [0.15, 0.2) is 10.5 Å². The maximum absolute atomic E-state index is 10.9. The minimum absolute atomic E-state index is 0.0222. The number of carboxylic acid groups (broad SMARTS) is 1. The summed E-state index contributed by atoms with van der Waals surface area (Å²) in [5, 5.41) is 18.8. The van der Waals surface area contributed by atoms with Crippen molar-refractivity contribution in [1.82, 2.24) is 4.90 Å². The Bertz CT molecular complexity index is 440. The van der Waals surface area contributed by atoms with E-state index in [2.05, 4.69) is 4.90 Å². The molecule has 0 bridgehead atoms. The third-order valence-electron chi connectivity index (χ3n) is 3.48. The predicted octanol–water partition coefficient (Wildman–Crippen LogP) is 1.63. The number of nitrogens with zero attached hydrogens (tertiary/aromatic N) is 1. The lowest BCUT2D eigenvalue weighted by molar-refractivity contribution is -0.00875. The van der Waals surface area contributed by atoms with Crippen molar-refractivity contribution >= 4 is 5.97 Å². The maximum Gasteiger partial charge on any atom is 0.372 e. The molecule has 1 aliphatic rings. The van der Waals surface area contributed by atoms with Gasteiger partial charge in [-0.15, -0.1) is 0 Å². The van der Waals surface area contributed by atoms with Crippen molar-refractivity contribution in [3.8, 4) is 0 Å². The molecule has 0 radical (unpaired) electrons. The summed E-state index contributed by atoms with van der Waals surface area (Å²) in [4.78, 5) is 13.0. The van der Waals surface area contributed by atoms with Gasteiger partial charge in [0, 0.05) is 18.7 Å². The van der Waals surface area contributed by atoms with Crippen LogP contribution in [0.5, 0.6) is 0 Å². The Morgan fingerprint density at radius 3 is 2.61 bits per heavy atom. The van der Waals surface area contributed by atoms with E-state index in [0.717, 1.165) is 25.9 Å². The summed E-state index contributed by atoms with van der Waals surface area (Å²) in [6.45, 7) is 5.79. The average molecular weight is 253 g/mol. The molecule has 5 heteroatoms. The maximum atomic E-state index is 10.9. The van der Waals surface area contributed by atoms with Gasteiger partial charge in [-0.25, -0.2) is 4.79 Å². The Balaban J connectivity index is 1.98. The molecule has 100 valence electrons. The molecule has 1 aromatic heterocycles. The lowest BCUT2D eigenvalue weighted by atomic mass is 9.94. The van der Waals surface area contributed by atoms with Crippen LogP contribution in [0.2, 0.25) is 0 Å². The van der Waals surface area contributed by atoms with Crippen molar-refractivity contribution in [3.05, 3.63) is 23.2 Å². The van der Waals surface area contributed by atoms with Crippen LogP contribution in [0, 0.1) is 6.92 Å². The van der Waals surface area contributed by atoms with Crippen LogP contribution in [0.25, 0.3) is 0 Å². The highest BCUT2D eigenvalue weighted by molar-refractivity contribution is 5.86. The number of aryl methyl sites for hydroxylation is 1. The lowest BCUT2D eigenvalue weighted by Crippen LogP contribution is -2.41. The summed E-state index contributed by atoms with van der Waals surface area (Å²) in [5.41, 5.74) is 0.0865. The van der Waals surface area contributed by atoms with Gasteiger partial charge in [0.2, 0.25) is 5.76 Å². The fourth-order valence-electron chi connectivity index (χ4n) is 2.25. The summed E-state index contributed by atoms with van der Waals surface area (Å²) in [7, 11) is 0. The minimum atomic E-state index is -1.03. The molecular weight excluding hydrogens is 234 g/mol. The first-order chi connectivity index (χ1) is 8.37. The molecule has 1 aromatic rings. The molecule has 5 nitrogen and oxygen atoms in total. The fraction of sp³-hybridized carbons (Fsp3) is 0.615. The second-order valence-electron chi connectivity index (χ2n) is 5.30. The molecule has 1 aliphatic heterocycles. The number of hydrogen-bond acceptors (Lipinski definition) is 4. The molecular formula is C13H19NO4. The molecule has 2 rings (SSSR count). The third kappa shape index (κ3) is 2.91. The SMILES string of the molecule is Cc1cc(CN2CCC(C)(O)CC2)oc1C(=O)O. The van der Waals surface area contributed by atoms with Crippen molar-refractivity contribution in [2.45, 2.75) is 38.8 Å². The summed E-state index contributed by atoms with van der Waals surface area (Å²) < 4.78 is 5.33. The number of aromatic carboxylic acids is 1. The van der Waals surface area contributed by atoms with Crippen LogP contribution in [-0.2, 0) is 6.54 Å². The van der Waals surface area contributed by atoms with Gasteiger partial charge < -0.3 is 14.6 Å². The van der Waals surface area contributed by atoms with Crippen LogP contribution in [0.1, 0.15) is 41.6 Å². The predicted molar refractivity (Wildman–Crippen MR) is 65.5 cm³/mol. The Hall–Kier alpha value is -1.33. The topological polar surface area (TPSA) is 73.9 Å². The first-order valence-electron chi connectivity index (χ1n) is 6.15. The molecule has 0 spiro atoms. The number of carbonyl (C=O) groups is 1. The highest BCUT2D eigenvalue weighted by atomic mass is 16.4. The number of hydrogen-bond donors (Lipinski definition) is 2. The van der Waals surface area contributed by atoms with E-state index in [-0.39, 0.29) is 5.76 Å². The molecule has 18 heavy (non-hydrogen) atoms. The van der Waals surface area contributed by atoms with E-state index in [0.29, 0.717) is 17.9 Å². The van der Waals surface area contributed by atoms with Gasteiger partial charge >= 0.3 is 5.97 Å². The first kappa shape index (κ1) is 13.1. The normalized spacial score (nSPS) is 19.9. The summed E-state index contributed by atoms with van der Waals surface area (Å²) in [6.07, 6.45) is 1.47. The average Bonchev–Trinajstić information content (AvgIpc) is 2.63.